The van der Waals surface area contributed by atoms with Gasteiger partial charge < -0.3 is 9.84 Å². The van der Waals surface area contributed by atoms with Crippen molar-refractivity contribution in [3.05, 3.63) is 0 Å². The first kappa shape index (κ1) is 13.8. The molecule has 0 bridgehead atoms. The summed E-state index contributed by atoms with van der Waals surface area (Å²) < 4.78 is 49.2. The van der Waals surface area contributed by atoms with E-state index in [2.05, 4.69) is 4.74 Å². The van der Waals surface area contributed by atoms with Crippen LogP contribution in [0.1, 0.15) is 0 Å². The van der Waals surface area contributed by atoms with Crippen molar-refractivity contribution < 1.29 is 26.7 Å². The van der Waals surface area contributed by atoms with Crippen LogP contribution in [0, 0.1) is 0 Å². The number of aliphatic hydroxyl groups excluding tert-OH is 1. The van der Waals surface area contributed by atoms with Gasteiger partial charge in [-0.25, -0.2) is 16.8 Å². The molecule has 7 nitrogen and oxygen atoms in total. The molecule has 0 amide bonds. The molecule has 0 radical (unpaired) electrons. The third-order valence-electron chi connectivity index (χ3n) is 1.01. The van der Waals surface area contributed by atoms with Crippen molar-refractivity contribution in [2.24, 2.45) is 0 Å². The monoisotopic (exact) mass is 247 g/mol. The minimum absolute atomic E-state index is 0.0222. The molecule has 0 aliphatic heterocycles. The van der Waals surface area contributed by atoms with Crippen molar-refractivity contribution in [3.63, 3.8) is 0 Å². The maximum absolute atomic E-state index is 11.0. The normalized spacial score (nSPS) is 13.0. The van der Waals surface area contributed by atoms with E-state index >= 15 is 0 Å². The summed E-state index contributed by atoms with van der Waals surface area (Å²) in [6, 6.07) is 0. The lowest BCUT2D eigenvalue weighted by molar-refractivity contribution is 0.103. The van der Waals surface area contributed by atoms with Gasteiger partial charge in [-0.3, -0.25) is 0 Å². The second kappa shape index (κ2) is 5.61. The van der Waals surface area contributed by atoms with Crippen molar-refractivity contribution in [1.29, 1.82) is 0 Å². The van der Waals surface area contributed by atoms with Gasteiger partial charge in [0.2, 0.25) is 20.0 Å². The Labute approximate surface area is 83.2 Å². The summed E-state index contributed by atoms with van der Waals surface area (Å²) in [4.78, 5) is 0. The number of sulfonamides is 2. The molecule has 0 aromatic carbocycles. The highest BCUT2D eigenvalue weighted by Gasteiger charge is 2.15. The fourth-order valence-electron chi connectivity index (χ4n) is 0.608. The Hall–Kier alpha value is -0.220. The number of aliphatic hydroxyl groups is 1. The molecule has 0 unspecified atom stereocenters. The molecule has 0 heterocycles. The van der Waals surface area contributed by atoms with E-state index in [0.29, 0.717) is 0 Å². The quantitative estimate of drug-likeness (QED) is 0.497. The van der Waals surface area contributed by atoms with E-state index in [4.69, 9.17) is 5.11 Å². The van der Waals surface area contributed by atoms with E-state index in [1.807, 2.05) is 0 Å². The van der Waals surface area contributed by atoms with Crippen molar-refractivity contribution in [3.8, 4) is 0 Å². The molecule has 0 fully saturated rings. The third kappa shape index (κ3) is 8.38. The summed E-state index contributed by atoms with van der Waals surface area (Å²) in [5, 5.41) is 8.30. The van der Waals surface area contributed by atoms with Gasteiger partial charge in [0.05, 0.1) is 31.8 Å². The highest BCUT2D eigenvalue weighted by atomic mass is 32.3. The third-order valence-corrected chi connectivity index (χ3v) is 3.94. The number of hydrogen-bond donors (Lipinski definition) is 2. The van der Waals surface area contributed by atoms with Gasteiger partial charge in [-0.15, -0.1) is 4.13 Å². The van der Waals surface area contributed by atoms with E-state index in [1.165, 1.54) is 4.13 Å². The zero-order valence-corrected chi connectivity index (χ0v) is 9.27. The molecule has 0 aromatic heterocycles. The second-order valence-electron chi connectivity index (χ2n) is 2.51. The largest absolute Gasteiger partial charge is 0.394 e. The summed E-state index contributed by atoms with van der Waals surface area (Å²) in [7, 11) is -7.63. The summed E-state index contributed by atoms with van der Waals surface area (Å²) in [5.41, 5.74) is 0. The molecule has 0 saturated heterocycles. The molecule has 0 aliphatic carbocycles. The molecule has 0 aliphatic rings. The van der Waals surface area contributed by atoms with Crippen molar-refractivity contribution in [2.75, 3.05) is 31.8 Å². The summed E-state index contributed by atoms with van der Waals surface area (Å²) in [6.07, 6.45) is 0.749. The minimum atomic E-state index is -3.86. The molecular formula is C5H13NO6S2. The highest BCUT2D eigenvalue weighted by molar-refractivity contribution is 8.04. The fraction of sp³-hybridized carbons (Fsp3) is 1.00. The van der Waals surface area contributed by atoms with Gasteiger partial charge in [-0.1, -0.05) is 0 Å². The first-order chi connectivity index (χ1) is 6.27. The smallest absolute Gasteiger partial charge is 0.226 e. The van der Waals surface area contributed by atoms with Crippen LogP contribution in [-0.2, 0) is 24.8 Å². The number of hydrogen-bond acceptors (Lipinski definition) is 6. The number of rotatable bonds is 7. The highest BCUT2D eigenvalue weighted by Crippen LogP contribution is 1.88. The Morgan fingerprint density at radius 1 is 1.21 bits per heavy atom. The lowest BCUT2D eigenvalue weighted by Gasteiger charge is -2.04. The Bertz CT molecular complexity index is 344. The number of ether oxygens (including phenoxy) is 1. The van der Waals surface area contributed by atoms with Crippen LogP contribution in [0.15, 0.2) is 0 Å². The lowest BCUT2D eigenvalue weighted by atomic mass is 10.7. The zero-order valence-electron chi connectivity index (χ0n) is 7.63. The molecule has 0 spiro atoms. The first-order valence-electron chi connectivity index (χ1n) is 3.67. The van der Waals surface area contributed by atoms with E-state index < -0.39 is 25.8 Å². The lowest BCUT2D eigenvalue weighted by Crippen LogP contribution is -2.33. The molecule has 14 heavy (non-hydrogen) atoms. The summed E-state index contributed by atoms with van der Waals surface area (Å²) in [5.74, 6) is -0.458. The fourth-order valence-corrected chi connectivity index (χ4v) is 3.12. The first-order valence-corrected chi connectivity index (χ1v) is 7.21. The zero-order chi connectivity index (χ0) is 11.2. The van der Waals surface area contributed by atoms with E-state index in [0.717, 1.165) is 6.26 Å². The van der Waals surface area contributed by atoms with E-state index in [9.17, 15) is 16.8 Å². The van der Waals surface area contributed by atoms with E-state index in [-0.39, 0.29) is 19.8 Å². The van der Waals surface area contributed by atoms with E-state index in [1.54, 1.807) is 0 Å². The molecule has 0 rings (SSSR count). The average Bonchev–Trinajstić information content (AvgIpc) is 1.93. The van der Waals surface area contributed by atoms with Crippen LogP contribution < -0.4 is 4.13 Å². The molecule has 0 saturated carbocycles. The van der Waals surface area contributed by atoms with Crippen LogP contribution in [-0.4, -0.2) is 53.8 Å². The Morgan fingerprint density at radius 3 is 2.21 bits per heavy atom. The topological polar surface area (TPSA) is 110 Å². The summed E-state index contributed by atoms with van der Waals surface area (Å²) >= 11 is 0. The van der Waals surface area contributed by atoms with Crippen LogP contribution in [0.4, 0.5) is 0 Å². The van der Waals surface area contributed by atoms with Gasteiger partial charge in [0.25, 0.3) is 0 Å². The molecule has 0 atom stereocenters. The van der Waals surface area contributed by atoms with Crippen LogP contribution in [0.5, 0.6) is 0 Å². The molecule has 86 valence electrons. The predicted octanol–water partition coefficient (Wildman–Crippen LogP) is -2.13. The SMILES string of the molecule is CS(=O)(=O)NS(=O)(=O)CCOCCO. The van der Waals surface area contributed by atoms with Gasteiger partial charge in [0.15, 0.2) is 0 Å². The minimum Gasteiger partial charge on any atom is -0.394 e. The molecule has 2 N–H and O–H groups in total. The van der Waals surface area contributed by atoms with Gasteiger partial charge in [-0.2, -0.15) is 0 Å². The van der Waals surface area contributed by atoms with Crippen LogP contribution >= 0.6 is 0 Å². The molecule has 9 heteroatoms. The van der Waals surface area contributed by atoms with Gasteiger partial charge in [0.1, 0.15) is 0 Å². The standard InChI is InChI=1S/C5H13NO6S2/c1-13(8,9)6-14(10,11)5-4-12-3-2-7/h6-7H,2-5H2,1H3. The Balaban J connectivity index is 3.98. The Morgan fingerprint density at radius 2 is 1.79 bits per heavy atom. The molecule has 0 aromatic rings. The number of nitrogens with one attached hydrogen (secondary N) is 1. The summed E-state index contributed by atoms with van der Waals surface area (Å²) in [6.45, 7) is -0.348. The van der Waals surface area contributed by atoms with Crippen LogP contribution in [0.2, 0.25) is 0 Å². The second-order valence-corrected chi connectivity index (χ2v) is 6.36. The predicted molar refractivity (Wildman–Crippen MR) is 49.7 cm³/mol. The van der Waals surface area contributed by atoms with Gasteiger partial charge in [0, 0.05) is 0 Å². The molecular weight excluding hydrogens is 234 g/mol. The van der Waals surface area contributed by atoms with Crippen molar-refractivity contribution in [2.45, 2.75) is 0 Å². The average molecular weight is 247 g/mol. The van der Waals surface area contributed by atoms with Crippen LogP contribution in [0.3, 0.4) is 0 Å². The maximum Gasteiger partial charge on any atom is 0.226 e. The van der Waals surface area contributed by atoms with Crippen LogP contribution in [0.25, 0.3) is 0 Å². The maximum atomic E-state index is 11.0. The Kier molecular flexibility index (Phi) is 5.52. The van der Waals surface area contributed by atoms with Crippen molar-refractivity contribution >= 4 is 20.0 Å². The van der Waals surface area contributed by atoms with Gasteiger partial charge in [-0.05, 0) is 0 Å². The van der Waals surface area contributed by atoms with Crippen molar-refractivity contribution in [1.82, 2.24) is 4.13 Å². The van der Waals surface area contributed by atoms with Gasteiger partial charge >= 0.3 is 0 Å².